The van der Waals surface area contributed by atoms with Crippen molar-refractivity contribution in [3.63, 3.8) is 0 Å². The first kappa shape index (κ1) is 18.5. The van der Waals surface area contributed by atoms with E-state index < -0.39 is 17.6 Å². The number of nitrogens with one attached hydrogen (secondary N) is 1. The predicted octanol–water partition coefficient (Wildman–Crippen LogP) is 5.00. The molecule has 1 aliphatic heterocycles. The minimum absolute atomic E-state index is 0.0529. The van der Waals surface area contributed by atoms with Crippen LogP contribution in [0.15, 0.2) is 36.5 Å². The average Bonchev–Trinajstić information content (AvgIpc) is 2.63. The summed E-state index contributed by atoms with van der Waals surface area (Å²) in [5.74, 6) is 0.110. The Morgan fingerprint density at radius 1 is 1.12 bits per heavy atom. The number of nitrogens with zero attached hydrogens (tertiary/aromatic N) is 2. The second-order valence-corrected chi connectivity index (χ2v) is 6.53. The zero-order chi connectivity index (χ0) is 18.7. The van der Waals surface area contributed by atoms with Gasteiger partial charge in [0.15, 0.2) is 0 Å². The molecule has 0 bridgehead atoms. The lowest BCUT2D eigenvalue weighted by Gasteiger charge is -2.27. The van der Waals surface area contributed by atoms with Gasteiger partial charge in [-0.3, -0.25) is 4.79 Å². The number of amides is 1. The highest BCUT2D eigenvalue weighted by atomic mass is 35.5. The third-order valence-electron chi connectivity index (χ3n) is 4.23. The number of carbonyl (C=O) groups excluding carboxylic acids is 1. The van der Waals surface area contributed by atoms with Gasteiger partial charge in [0, 0.05) is 24.3 Å². The molecule has 8 heteroatoms. The van der Waals surface area contributed by atoms with Crippen LogP contribution in [0.25, 0.3) is 0 Å². The molecule has 1 fully saturated rings. The molecule has 0 unspecified atom stereocenters. The fraction of sp³-hybridized carbons (Fsp3) is 0.333. The summed E-state index contributed by atoms with van der Waals surface area (Å²) in [6.07, 6.45) is 0.146. The van der Waals surface area contributed by atoms with Gasteiger partial charge in [0.05, 0.1) is 16.8 Å². The summed E-state index contributed by atoms with van der Waals surface area (Å²) in [6, 6.07) is 6.50. The van der Waals surface area contributed by atoms with Crippen molar-refractivity contribution in [1.29, 1.82) is 0 Å². The second-order valence-electron chi connectivity index (χ2n) is 6.09. The van der Waals surface area contributed by atoms with Crippen LogP contribution in [0.3, 0.4) is 0 Å². The van der Waals surface area contributed by atoms with E-state index in [0.717, 1.165) is 43.9 Å². The summed E-state index contributed by atoms with van der Waals surface area (Å²) >= 11 is 5.64. The van der Waals surface area contributed by atoms with Crippen LogP contribution in [0.1, 0.15) is 35.2 Å². The molecule has 1 N–H and O–H groups in total. The molecule has 1 saturated heterocycles. The van der Waals surface area contributed by atoms with Crippen molar-refractivity contribution >= 4 is 29.0 Å². The first-order valence-electron chi connectivity index (χ1n) is 8.24. The van der Waals surface area contributed by atoms with Crippen LogP contribution in [-0.2, 0) is 6.18 Å². The number of halogens is 4. The first-order valence-corrected chi connectivity index (χ1v) is 8.61. The highest BCUT2D eigenvalue weighted by Crippen LogP contribution is 2.36. The standard InChI is InChI=1S/C18H17ClF3N3O/c19-13-5-6-15(14(10-13)18(20,21)22)24-17(26)12-4-7-16(23-11-12)25-8-2-1-3-9-25/h4-7,10-11H,1-3,8-9H2,(H,24,26). The van der Waals surface area contributed by atoms with Crippen LogP contribution in [0, 0.1) is 0 Å². The Hall–Kier alpha value is -2.28. The van der Waals surface area contributed by atoms with Crippen molar-refractivity contribution in [3.05, 3.63) is 52.7 Å². The molecule has 0 radical (unpaired) electrons. The van der Waals surface area contributed by atoms with E-state index in [1.165, 1.54) is 18.7 Å². The molecule has 4 nitrogen and oxygen atoms in total. The van der Waals surface area contributed by atoms with Crippen molar-refractivity contribution in [2.45, 2.75) is 25.4 Å². The number of carbonyl (C=O) groups is 1. The summed E-state index contributed by atoms with van der Waals surface area (Å²) in [4.78, 5) is 18.7. The number of anilines is 2. The van der Waals surface area contributed by atoms with Crippen LogP contribution < -0.4 is 10.2 Å². The molecule has 1 aromatic carbocycles. The molecule has 2 heterocycles. The van der Waals surface area contributed by atoms with E-state index in [1.54, 1.807) is 12.1 Å². The molecular formula is C18H17ClF3N3O. The number of aromatic nitrogens is 1. The lowest BCUT2D eigenvalue weighted by molar-refractivity contribution is -0.136. The molecule has 0 aliphatic carbocycles. The van der Waals surface area contributed by atoms with Crippen LogP contribution in [0.4, 0.5) is 24.7 Å². The maximum absolute atomic E-state index is 13.1. The van der Waals surface area contributed by atoms with Gasteiger partial charge in [-0.25, -0.2) is 4.98 Å². The van der Waals surface area contributed by atoms with Crippen LogP contribution in [0.2, 0.25) is 5.02 Å². The van der Waals surface area contributed by atoms with Crippen LogP contribution in [-0.4, -0.2) is 24.0 Å². The largest absolute Gasteiger partial charge is 0.418 e. The average molecular weight is 384 g/mol. The van der Waals surface area contributed by atoms with Gasteiger partial charge in [-0.1, -0.05) is 11.6 Å². The first-order chi connectivity index (χ1) is 12.3. The predicted molar refractivity (Wildman–Crippen MR) is 94.7 cm³/mol. The smallest absolute Gasteiger partial charge is 0.357 e. The maximum atomic E-state index is 13.1. The minimum atomic E-state index is -4.62. The lowest BCUT2D eigenvalue weighted by atomic mass is 10.1. The lowest BCUT2D eigenvalue weighted by Crippen LogP contribution is -2.30. The summed E-state index contributed by atoms with van der Waals surface area (Å²) < 4.78 is 39.3. The van der Waals surface area contributed by atoms with E-state index in [4.69, 9.17) is 11.6 Å². The quantitative estimate of drug-likeness (QED) is 0.811. The molecule has 26 heavy (non-hydrogen) atoms. The fourth-order valence-electron chi connectivity index (χ4n) is 2.88. The highest BCUT2D eigenvalue weighted by molar-refractivity contribution is 6.30. The van der Waals surface area contributed by atoms with Crippen molar-refractivity contribution < 1.29 is 18.0 Å². The second kappa shape index (κ2) is 7.53. The van der Waals surface area contributed by atoms with Crippen molar-refractivity contribution in [1.82, 2.24) is 4.98 Å². The van der Waals surface area contributed by atoms with Gasteiger partial charge in [-0.15, -0.1) is 0 Å². The molecule has 1 amide bonds. The number of hydrogen-bond donors (Lipinski definition) is 1. The third kappa shape index (κ3) is 4.27. The van der Waals surface area contributed by atoms with Gasteiger partial charge in [0.2, 0.25) is 0 Å². The van der Waals surface area contributed by atoms with Crippen molar-refractivity contribution in [2.75, 3.05) is 23.3 Å². The van der Waals surface area contributed by atoms with E-state index in [-0.39, 0.29) is 16.3 Å². The normalized spacial score (nSPS) is 15.0. The van der Waals surface area contributed by atoms with E-state index in [1.807, 2.05) is 0 Å². The molecule has 0 spiro atoms. The summed E-state index contributed by atoms with van der Waals surface area (Å²) in [7, 11) is 0. The summed E-state index contributed by atoms with van der Waals surface area (Å²) in [5, 5.41) is 2.24. The number of hydrogen-bond acceptors (Lipinski definition) is 3. The van der Waals surface area contributed by atoms with Crippen LogP contribution >= 0.6 is 11.6 Å². The van der Waals surface area contributed by atoms with Gasteiger partial charge in [-0.2, -0.15) is 13.2 Å². The fourth-order valence-corrected chi connectivity index (χ4v) is 3.06. The topological polar surface area (TPSA) is 45.2 Å². The highest BCUT2D eigenvalue weighted by Gasteiger charge is 2.34. The Bertz CT molecular complexity index is 787. The number of piperidine rings is 1. The Morgan fingerprint density at radius 3 is 2.46 bits per heavy atom. The number of rotatable bonds is 3. The minimum Gasteiger partial charge on any atom is -0.357 e. The zero-order valence-corrected chi connectivity index (χ0v) is 14.6. The molecule has 1 aromatic heterocycles. The van der Waals surface area contributed by atoms with Gasteiger partial charge in [-0.05, 0) is 49.6 Å². The number of benzene rings is 1. The molecule has 2 aromatic rings. The van der Waals surface area contributed by atoms with Gasteiger partial charge in [0.25, 0.3) is 5.91 Å². The molecule has 3 rings (SSSR count). The van der Waals surface area contributed by atoms with Crippen LogP contribution in [0.5, 0.6) is 0 Å². The Kier molecular flexibility index (Phi) is 5.36. The summed E-state index contributed by atoms with van der Waals surface area (Å²) in [5.41, 5.74) is -1.14. The maximum Gasteiger partial charge on any atom is 0.418 e. The third-order valence-corrected chi connectivity index (χ3v) is 4.46. The van der Waals surface area contributed by atoms with E-state index >= 15 is 0 Å². The zero-order valence-electron chi connectivity index (χ0n) is 13.8. The SMILES string of the molecule is O=C(Nc1ccc(Cl)cc1C(F)(F)F)c1ccc(N2CCCCC2)nc1. The molecule has 0 saturated carbocycles. The monoisotopic (exact) mass is 383 g/mol. The molecule has 138 valence electrons. The molecule has 0 atom stereocenters. The van der Waals surface area contributed by atoms with Crippen molar-refractivity contribution in [2.24, 2.45) is 0 Å². The molecule has 1 aliphatic rings. The van der Waals surface area contributed by atoms with Gasteiger partial charge < -0.3 is 10.2 Å². The van der Waals surface area contributed by atoms with E-state index in [0.29, 0.717) is 0 Å². The van der Waals surface area contributed by atoms with Gasteiger partial charge in [0.1, 0.15) is 5.82 Å². The van der Waals surface area contributed by atoms with Crippen molar-refractivity contribution in [3.8, 4) is 0 Å². The number of alkyl halides is 3. The van der Waals surface area contributed by atoms with Gasteiger partial charge >= 0.3 is 6.18 Å². The van der Waals surface area contributed by atoms with E-state index in [2.05, 4.69) is 15.2 Å². The summed E-state index contributed by atoms with van der Waals surface area (Å²) in [6.45, 7) is 1.83. The Labute approximate surface area is 154 Å². The number of pyridine rings is 1. The Balaban J connectivity index is 1.76. The Morgan fingerprint density at radius 2 is 1.85 bits per heavy atom. The molecular weight excluding hydrogens is 367 g/mol. The van der Waals surface area contributed by atoms with E-state index in [9.17, 15) is 18.0 Å².